The van der Waals surface area contributed by atoms with Crippen LogP contribution < -0.4 is 25.0 Å². The Morgan fingerprint density at radius 2 is 1.85 bits per heavy atom. The topological polar surface area (TPSA) is 84.8 Å². The van der Waals surface area contributed by atoms with Gasteiger partial charge in [-0.3, -0.25) is 9.59 Å². The van der Waals surface area contributed by atoms with Crippen molar-refractivity contribution in [2.75, 3.05) is 43.1 Å². The largest absolute Gasteiger partial charge is 0.486 e. The Balaban J connectivity index is 1.37. The van der Waals surface area contributed by atoms with Gasteiger partial charge < -0.3 is 29.6 Å². The highest BCUT2D eigenvalue weighted by molar-refractivity contribution is 6.33. The minimum absolute atomic E-state index is 0.0342. The van der Waals surface area contributed by atoms with Gasteiger partial charge >= 0.3 is 0 Å². The standard InChI is InChI=1S/C25H25ClN4O4/c1-15-11-19(16(2)30(15)18-4-6-22-23(13-18)34-10-9-33-22)25(32)28-17-3-5-21(20(26)12-17)29-8-7-27-24(31)14-29/h3-6,11-13H,7-10,14H2,1-2H3,(H,27,31)(H,28,32). The van der Waals surface area contributed by atoms with Gasteiger partial charge in [0.05, 0.1) is 22.8 Å². The molecule has 0 aliphatic carbocycles. The Hall–Kier alpha value is -3.65. The van der Waals surface area contributed by atoms with Crippen LogP contribution >= 0.6 is 11.6 Å². The van der Waals surface area contributed by atoms with Gasteiger partial charge in [-0.15, -0.1) is 0 Å². The van der Waals surface area contributed by atoms with E-state index < -0.39 is 0 Å². The SMILES string of the molecule is Cc1cc(C(=O)Nc2ccc(N3CCNC(=O)C3)c(Cl)c2)c(C)n1-c1ccc2c(c1)OCCO2. The lowest BCUT2D eigenvalue weighted by Crippen LogP contribution is -2.47. The van der Waals surface area contributed by atoms with E-state index >= 15 is 0 Å². The molecule has 1 fully saturated rings. The van der Waals surface area contributed by atoms with Gasteiger partial charge in [-0.05, 0) is 50.2 Å². The van der Waals surface area contributed by atoms with Crippen molar-refractivity contribution in [3.63, 3.8) is 0 Å². The number of anilines is 2. The van der Waals surface area contributed by atoms with E-state index in [1.54, 1.807) is 12.1 Å². The molecule has 0 unspecified atom stereocenters. The molecule has 2 N–H and O–H groups in total. The van der Waals surface area contributed by atoms with E-state index in [0.29, 0.717) is 48.3 Å². The highest BCUT2D eigenvalue weighted by atomic mass is 35.5. The van der Waals surface area contributed by atoms with E-state index in [-0.39, 0.29) is 18.4 Å². The van der Waals surface area contributed by atoms with Crippen LogP contribution in [0.5, 0.6) is 11.5 Å². The summed E-state index contributed by atoms with van der Waals surface area (Å²) in [5, 5.41) is 6.22. The average molecular weight is 481 g/mol. The highest BCUT2D eigenvalue weighted by Crippen LogP contribution is 2.34. The number of benzene rings is 2. The maximum atomic E-state index is 13.1. The van der Waals surface area contributed by atoms with Crippen molar-refractivity contribution in [2.45, 2.75) is 13.8 Å². The van der Waals surface area contributed by atoms with Crippen molar-refractivity contribution in [2.24, 2.45) is 0 Å². The number of halogens is 1. The Kier molecular flexibility index (Phi) is 5.83. The first kappa shape index (κ1) is 22.2. The first-order valence-electron chi connectivity index (χ1n) is 11.1. The number of hydrogen-bond donors (Lipinski definition) is 2. The zero-order chi connectivity index (χ0) is 23.8. The number of carbonyl (C=O) groups excluding carboxylic acids is 2. The van der Waals surface area contributed by atoms with Crippen LogP contribution in [0.15, 0.2) is 42.5 Å². The molecule has 34 heavy (non-hydrogen) atoms. The zero-order valence-corrected chi connectivity index (χ0v) is 19.7. The molecule has 2 amide bonds. The van der Waals surface area contributed by atoms with E-state index in [9.17, 15) is 9.59 Å². The molecule has 3 aromatic rings. The lowest BCUT2D eigenvalue weighted by atomic mass is 10.2. The van der Waals surface area contributed by atoms with E-state index in [1.807, 2.05) is 53.6 Å². The Labute approximate surface area is 202 Å². The number of fused-ring (bicyclic) bond motifs is 1. The fraction of sp³-hybridized carbons (Fsp3) is 0.280. The summed E-state index contributed by atoms with van der Waals surface area (Å²) in [6.45, 7) is 6.45. The highest BCUT2D eigenvalue weighted by Gasteiger charge is 2.21. The lowest BCUT2D eigenvalue weighted by Gasteiger charge is -2.29. The van der Waals surface area contributed by atoms with Gasteiger partial charge in [-0.2, -0.15) is 0 Å². The molecule has 2 aliphatic rings. The number of aromatic nitrogens is 1. The Bertz CT molecular complexity index is 1290. The second-order valence-electron chi connectivity index (χ2n) is 8.34. The molecular formula is C25H25ClN4O4. The van der Waals surface area contributed by atoms with Crippen LogP contribution in [0.1, 0.15) is 21.7 Å². The molecule has 0 radical (unpaired) electrons. The Morgan fingerprint density at radius 1 is 1.06 bits per heavy atom. The van der Waals surface area contributed by atoms with Crippen LogP contribution in [0.25, 0.3) is 5.69 Å². The fourth-order valence-corrected chi connectivity index (χ4v) is 4.74. The van der Waals surface area contributed by atoms with Crippen molar-refractivity contribution < 1.29 is 19.1 Å². The molecule has 0 atom stereocenters. The van der Waals surface area contributed by atoms with Gasteiger partial charge in [-0.25, -0.2) is 0 Å². The van der Waals surface area contributed by atoms with Crippen LogP contribution in [0.4, 0.5) is 11.4 Å². The van der Waals surface area contributed by atoms with Crippen LogP contribution in [-0.2, 0) is 4.79 Å². The normalized spacial score (nSPS) is 15.1. The van der Waals surface area contributed by atoms with Gasteiger partial charge in [-0.1, -0.05) is 11.6 Å². The summed E-state index contributed by atoms with van der Waals surface area (Å²) in [6.07, 6.45) is 0. The summed E-state index contributed by atoms with van der Waals surface area (Å²) in [5.41, 5.74) is 4.57. The quantitative estimate of drug-likeness (QED) is 0.594. The minimum atomic E-state index is -0.224. The smallest absolute Gasteiger partial charge is 0.257 e. The molecule has 2 aliphatic heterocycles. The number of amides is 2. The monoisotopic (exact) mass is 480 g/mol. The third-order valence-electron chi connectivity index (χ3n) is 6.04. The Morgan fingerprint density at radius 3 is 2.62 bits per heavy atom. The molecule has 3 heterocycles. The second-order valence-corrected chi connectivity index (χ2v) is 8.75. The van der Waals surface area contributed by atoms with Gasteiger partial charge in [0.1, 0.15) is 13.2 Å². The van der Waals surface area contributed by atoms with Crippen molar-refractivity contribution in [3.05, 3.63) is 64.4 Å². The summed E-state index contributed by atoms with van der Waals surface area (Å²) >= 11 is 6.49. The number of piperazine rings is 1. The molecule has 2 aromatic carbocycles. The number of aryl methyl sites for hydroxylation is 1. The van der Waals surface area contributed by atoms with Crippen LogP contribution in [0.3, 0.4) is 0 Å². The van der Waals surface area contributed by atoms with Gasteiger partial charge in [0, 0.05) is 41.9 Å². The molecular weight excluding hydrogens is 456 g/mol. The van der Waals surface area contributed by atoms with Gasteiger partial charge in [0.15, 0.2) is 11.5 Å². The molecule has 0 saturated carbocycles. The van der Waals surface area contributed by atoms with Crippen molar-refractivity contribution in [1.29, 1.82) is 0 Å². The van der Waals surface area contributed by atoms with Gasteiger partial charge in [0.25, 0.3) is 5.91 Å². The first-order chi connectivity index (χ1) is 16.4. The van der Waals surface area contributed by atoms with Crippen LogP contribution in [0, 0.1) is 13.8 Å². The van der Waals surface area contributed by atoms with Crippen molar-refractivity contribution in [1.82, 2.24) is 9.88 Å². The van der Waals surface area contributed by atoms with Crippen molar-refractivity contribution >= 4 is 34.8 Å². The molecule has 176 valence electrons. The number of rotatable bonds is 4. The lowest BCUT2D eigenvalue weighted by molar-refractivity contribution is -0.120. The predicted octanol–water partition coefficient (Wildman–Crippen LogP) is 3.71. The summed E-state index contributed by atoms with van der Waals surface area (Å²) < 4.78 is 13.3. The maximum absolute atomic E-state index is 13.1. The van der Waals surface area contributed by atoms with Crippen LogP contribution in [-0.4, -0.2) is 49.2 Å². The van der Waals surface area contributed by atoms with E-state index in [4.69, 9.17) is 21.1 Å². The second kappa shape index (κ2) is 8.95. The van der Waals surface area contributed by atoms with Gasteiger partial charge in [0.2, 0.25) is 5.91 Å². The van der Waals surface area contributed by atoms with Crippen molar-refractivity contribution in [3.8, 4) is 17.2 Å². The molecule has 1 saturated heterocycles. The van der Waals surface area contributed by atoms with Crippen LogP contribution in [0.2, 0.25) is 5.02 Å². The number of nitrogens with zero attached hydrogens (tertiary/aromatic N) is 2. The molecule has 0 spiro atoms. The molecule has 5 rings (SSSR count). The third kappa shape index (κ3) is 4.17. The summed E-state index contributed by atoms with van der Waals surface area (Å²) in [7, 11) is 0. The molecule has 0 bridgehead atoms. The number of nitrogens with one attached hydrogen (secondary N) is 2. The molecule has 9 heteroatoms. The number of carbonyl (C=O) groups is 2. The zero-order valence-electron chi connectivity index (χ0n) is 19.0. The number of ether oxygens (including phenoxy) is 2. The number of hydrogen-bond acceptors (Lipinski definition) is 5. The van der Waals surface area contributed by atoms with E-state index in [1.165, 1.54) is 0 Å². The summed E-state index contributed by atoms with van der Waals surface area (Å²) in [4.78, 5) is 26.7. The van der Waals surface area contributed by atoms with E-state index in [2.05, 4.69) is 10.6 Å². The molecule has 8 nitrogen and oxygen atoms in total. The third-order valence-corrected chi connectivity index (χ3v) is 6.35. The average Bonchev–Trinajstić information content (AvgIpc) is 3.12. The predicted molar refractivity (Wildman–Crippen MR) is 131 cm³/mol. The maximum Gasteiger partial charge on any atom is 0.257 e. The van der Waals surface area contributed by atoms with E-state index in [0.717, 1.165) is 28.5 Å². The molecule has 1 aromatic heterocycles. The first-order valence-corrected chi connectivity index (χ1v) is 11.5. The summed E-state index contributed by atoms with van der Waals surface area (Å²) in [6, 6.07) is 13.0. The fourth-order valence-electron chi connectivity index (χ4n) is 4.44. The minimum Gasteiger partial charge on any atom is -0.486 e. The summed E-state index contributed by atoms with van der Waals surface area (Å²) in [5.74, 6) is 1.16.